The summed E-state index contributed by atoms with van der Waals surface area (Å²) in [4.78, 5) is 37.4. The molecule has 0 heterocycles. The van der Waals surface area contributed by atoms with Crippen molar-refractivity contribution in [2.45, 2.75) is 253 Å². The number of ether oxygens (including phenoxy) is 3. The highest BCUT2D eigenvalue weighted by atomic mass is 16.6. The van der Waals surface area contributed by atoms with Gasteiger partial charge in [-0.1, -0.05) is 208 Å². The number of carbonyl (C=O) groups excluding carboxylic acids is 3. The van der Waals surface area contributed by atoms with Crippen molar-refractivity contribution in [3.8, 4) is 0 Å². The fraction of sp³-hybridized carbons (Fsp3) is 0.935. The first-order valence-corrected chi connectivity index (χ1v) is 22.7. The summed E-state index contributed by atoms with van der Waals surface area (Å²) in [7, 11) is 0. The molecular formula is C46H88O6. The average Bonchev–Trinajstić information content (AvgIpc) is 3.11. The van der Waals surface area contributed by atoms with Gasteiger partial charge in [0.1, 0.15) is 13.2 Å². The Kier molecular flexibility index (Phi) is 37.9. The van der Waals surface area contributed by atoms with Crippen molar-refractivity contribution in [2.75, 3.05) is 13.2 Å². The first-order chi connectivity index (χ1) is 25.2. The molecule has 0 aromatic rings. The van der Waals surface area contributed by atoms with Crippen LogP contribution in [0.5, 0.6) is 0 Å². The van der Waals surface area contributed by atoms with Crippen LogP contribution in [0.15, 0.2) is 0 Å². The third-order valence-corrected chi connectivity index (χ3v) is 10.2. The van der Waals surface area contributed by atoms with Crippen molar-refractivity contribution >= 4 is 17.9 Å². The lowest BCUT2D eigenvalue weighted by Gasteiger charge is -2.18. The maximum Gasteiger partial charge on any atom is 0.306 e. The van der Waals surface area contributed by atoms with Gasteiger partial charge in [-0.05, 0) is 31.1 Å². The molecule has 0 aliphatic carbocycles. The van der Waals surface area contributed by atoms with Gasteiger partial charge in [0.25, 0.3) is 0 Å². The molecule has 0 bridgehead atoms. The third-order valence-electron chi connectivity index (χ3n) is 10.2. The van der Waals surface area contributed by atoms with Gasteiger partial charge in [-0.3, -0.25) is 14.4 Å². The smallest absolute Gasteiger partial charge is 0.306 e. The van der Waals surface area contributed by atoms with Gasteiger partial charge in [-0.25, -0.2) is 0 Å². The van der Waals surface area contributed by atoms with E-state index in [0.717, 1.165) is 76.0 Å². The predicted octanol–water partition coefficient (Wildman–Crippen LogP) is 14.2. The van der Waals surface area contributed by atoms with Crippen LogP contribution in [-0.2, 0) is 28.6 Å². The monoisotopic (exact) mass is 737 g/mol. The molecule has 0 saturated heterocycles. The van der Waals surface area contributed by atoms with E-state index in [-0.39, 0.29) is 31.1 Å². The summed E-state index contributed by atoms with van der Waals surface area (Å²) in [5, 5.41) is 0. The van der Waals surface area contributed by atoms with E-state index in [1.165, 1.54) is 128 Å². The van der Waals surface area contributed by atoms with Crippen LogP contribution in [0.4, 0.5) is 0 Å². The molecule has 0 aliphatic heterocycles. The molecule has 0 N–H and O–H groups in total. The Labute approximate surface area is 323 Å². The Morgan fingerprint density at radius 1 is 0.365 bits per heavy atom. The molecule has 0 rings (SSSR count). The Morgan fingerprint density at radius 2 is 0.635 bits per heavy atom. The molecule has 0 spiro atoms. The highest BCUT2D eigenvalue weighted by Crippen LogP contribution is 2.16. The second-order valence-electron chi connectivity index (χ2n) is 16.6. The van der Waals surface area contributed by atoms with E-state index in [1.807, 2.05) is 0 Å². The third kappa shape index (κ3) is 39.6. The van der Waals surface area contributed by atoms with Crippen LogP contribution in [0, 0.1) is 11.8 Å². The highest BCUT2D eigenvalue weighted by Gasteiger charge is 2.19. The van der Waals surface area contributed by atoms with Crippen LogP contribution in [0.1, 0.15) is 247 Å². The lowest BCUT2D eigenvalue weighted by molar-refractivity contribution is -0.167. The first kappa shape index (κ1) is 50.4. The molecule has 1 atom stereocenters. The number of carbonyl (C=O) groups is 3. The van der Waals surface area contributed by atoms with Crippen LogP contribution in [0.3, 0.4) is 0 Å². The van der Waals surface area contributed by atoms with Crippen LogP contribution in [-0.4, -0.2) is 37.2 Å². The normalized spacial score (nSPS) is 12.1. The molecule has 0 aliphatic rings. The van der Waals surface area contributed by atoms with E-state index in [0.29, 0.717) is 19.3 Å². The second-order valence-corrected chi connectivity index (χ2v) is 16.6. The molecule has 0 unspecified atom stereocenters. The number of unbranched alkanes of at least 4 members (excludes halogenated alkanes) is 25. The molecule has 308 valence electrons. The van der Waals surface area contributed by atoms with Crippen LogP contribution in [0.25, 0.3) is 0 Å². The predicted molar refractivity (Wildman–Crippen MR) is 220 cm³/mol. The zero-order valence-electron chi connectivity index (χ0n) is 35.4. The second kappa shape index (κ2) is 39.1. The maximum atomic E-state index is 12.5. The minimum atomic E-state index is -0.758. The number of esters is 3. The minimum absolute atomic E-state index is 0.0665. The molecule has 6 heteroatoms. The summed E-state index contributed by atoms with van der Waals surface area (Å²) < 4.78 is 16.6. The van der Waals surface area contributed by atoms with Gasteiger partial charge in [-0.15, -0.1) is 0 Å². The van der Waals surface area contributed by atoms with Crippen molar-refractivity contribution in [3.63, 3.8) is 0 Å². The van der Waals surface area contributed by atoms with E-state index in [4.69, 9.17) is 14.2 Å². The summed E-state index contributed by atoms with van der Waals surface area (Å²) in [6.07, 6.45) is 37.1. The summed E-state index contributed by atoms with van der Waals surface area (Å²) in [6, 6.07) is 0. The summed E-state index contributed by atoms with van der Waals surface area (Å²) >= 11 is 0. The average molecular weight is 737 g/mol. The largest absolute Gasteiger partial charge is 0.462 e. The van der Waals surface area contributed by atoms with Gasteiger partial charge in [-0.2, -0.15) is 0 Å². The molecule has 52 heavy (non-hydrogen) atoms. The van der Waals surface area contributed by atoms with Gasteiger partial charge in [0, 0.05) is 19.3 Å². The minimum Gasteiger partial charge on any atom is -0.462 e. The fourth-order valence-corrected chi connectivity index (χ4v) is 6.75. The van der Waals surface area contributed by atoms with E-state index >= 15 is 0 Å². The molecule has 0 saturated carbocycles. The standard InChI is InChI=1S/C46H88O6/c1-6-7-8-24-33-38-46(49)52-43(40-51-45(48)37-32-28-23-19-21-26-30-35-42(4)5)39-50-44(47)36-31-27-22-18-16-14-12-10-9-11-13-15-17-20-25-29-34-41(2)3/h41-43H,6-40H2,1-5H3/t43-/m1/s1. The Morgan fingerprint density at radius 3 is 0.942 bits per heavy atom. The Bertz CT molecular complexity index is 794. The van der Waals surface area contributed by atoms with Gasteiger partial charge >= 0.3 is 17.9 Å². The molecule has 0 fully saturated rings. The Balaban J connectivity index is 4.06. The van der Waals surface area contributed by atoms with Crippen molar-refractivity contribution in [2.24, 2.45) is 11.8 Å². The summed E-state index contributed by atoms with van der Waals surface area (Å²) in [6.45, 7) is 11.2. The number of hydrogen-bond acceptors (Lipinski definition) is 6. The Hall–Kier alpha value is -1.59. The first-order valence-electron chi connectivity index (χ1n) is 22.7. The SMILES string of the molecule is CCCCCCCC(=O)O[C@H](COC(=O)CCCCCCCCCCCCCCCCCCC(C)C)COC(=O)CCCCCCCCCC(C)C. The van der Waals surface area contributed by atoms with Gasteiger partial charge < -0.3 is 14.2 Å². The summed E-state index contributed by atoms with van der Waals surface area (Å²) in [5.74, 6) is 0.760. The zero-order chi connectivity index (χ0) is 38.3. The van der Waals surface area contributed by atoms with E-state index < -0.39 is 6.10 Å². The lowest BCUT2D eigenvalue weighted by atomic mass is 10.0. The van der Waals surface area contributed by atoms with Gasteiger partial charge in [0.15, 0.2) is 6.10 Å². The molecule has 6 nitrogen and oxygen atoms in total. The van der Waals surface area contributed by atoms with E-state index in [2.05, 4.69) is 34.6 Å². The summed E-state index contributed by atoms with van der Waals surface area (Å²) in [5.41, 5.74) is 0. The number of hydrogen-bond donors (Lipinski definition) is 0. The quantitative estimate of drug-likeness (QED) is 0.0354. The van der Waals surface area contributed by atoms with Crippen LogP contribution >= 0.6 is 0 Å². The molecule has 0 aromatic carbocycles. The molecule has 0 aromatic heterocycles. The van der Waals surface area contributed by atoms with Crippen LogP contribution < -0.4 is 0 Å². The molecule has 0 amide bonds. The lowest BCUT2D eigenvalue weighted by Crippen LogP contribution is -2.30. The zero-order valence-corrected chi connectivity index (χ0v) is 35.4. The molecule has 0 radical (unpaired) electrons. The molecular weight excluding hydrogens is 649 g/mol. The van der Waals surface area contributed by atoms with Gasteiger partial charge in [0.05, 0.1) is 0 Å². The maximum absolute atomic E-state index is 12.5. The topological polar surface area (TPSA) is 78.9 Å². The van der Waals surface area contributed by atoms with Crippen molar-refractivity contribution in [1.29, 1.82) is 0 Å². The van der Waals surface area contributed by atoms with E-state index in [1.54, 1.807) is 0 Å². The number of rotatable bonds is 40. The van der Waals surface area contributed by atoms with E-state index in [9.17, 15) is 14.4 Å². The highest BCUT2D eigenvalue weighted by molar-refractivity contribution is 5.71. The van der Waals surface area contributed by atoms with Crippen molar-refractivity contribution < 1.29 is 28.6 Å². The van der Waals surface area contributed by atoms with Crippen molar-refractivity contribution in [1.82, 2.24) is 0 Å². The van der Waals surface area contributed by atoms with Crippen LogP contribution in [0.2, 0.25) is 0 Å². The van der Waals surface area contributed by atoms with Gasteiger partial charge in [0.2, 0.25) is 0 Å². The fourth-order valence-electron chi connectivity index (χ4n) is 6.75. The van der Waals surface area contributed by atoms with Crippen molar-refractivity contribution in [3.05, 3.63) is 0 Å².